The fourth-order valence-electron chi connectivity index (χ4n) is 1.59. The summed E-state index contributed by atoms with van der Waals surface area (Å²) < 4.78 is 10.1. The zero-order valence-corrected chi connectivity index (χ0v) is 14.5. The van der Waals surface area contributed by atoms with Gasteiger partial charge in [0.25, 0.3) is 0 Å². The molecule has 0 saturated carbocycles. The Balaban J connectivity index is 0.000000980. The van der Waals surface area contributed by atoms with Gasteiger partial charge in [0.1, 0.15) is 6.61 Å². The first-order chi connectivity index (χ1) is 10.4. The van der Waals surface area contributed by atoms with E-state index in [9.17, 15) is 9.59 Å². The molecule has 0 atom stereocenters. The Morgan fingerprint density at radius 3 is 2.09 bits per heavy atom. The highest BCUT2D eigenvalue weighted by atomic mass is 16.5. The van der Waals surface area contributed by atoms with Crippen LogP contribution in [0.4, 0.5) is 0 Å². The Morgan fingerprint density at radius 2 is 1.68 bits per heavy atom. The molecule has 0 bridgehead atoms. The zero-order valence-electron chi connectivity index (χ0n) is 14.5. The van der Waals surface area contributed by atoms with Crippen LogP contribution in [0.25, 0.3) is 0 Å². The van der Waals surface area contributed by atoms with E-state index in [1.165, 1.54) is 26.7 Å². The Bertz CT molecular complexity index is 496. The monoisotopic (exact) mass is 309 g/mol. The first-order valence-electron chi connectivity index (χ1n) is 7.66. The maximum atomic E-state index is 11.1. The average Bonchev–Trinajstić information content (AvgIpc) is 2.47. The van der Waals surface area contributed by atoms with E-state index in [-0.39, 0.29) is 12.6 Å². The number of hydrogen-bond acceptors (Lipinski definition) is 5. The lowest BCUT2D eigenvalue weighted by atomic mass is 10.1. The minimum Gasteiger partial charge on any atom is -0.461 e. The fourth-order valence-corrected chi connectivity index (χ4v) is 1.59. The van der Waals surface area contributed by atoms with Gasteiger partial charge in [0.2, 0.25) is 0 Å². The Morgan fingerprint density at radius 1 is 1.09 bits per heavy atom. The van der Waals surface area contributed by atoms with Crippen molar-refractivity contribution in [2.24, 2.45) is 0 Å². The highest BCUT2D eigenvalue weighted by Gasteiger charge is 2.16. The van der Waals surface area contributed by atoms with Crippen LogP contribution in [0.15, 0.2) is 6.20 Å². The van der Waals surface area contributed by atoms with Crippen molar-refractivity contribution in [2.75, 3.05) is 0 Å². The molecule has 0 aliphatic heterocycles. The van der Waals surface area contributed by atoms with E-state index in [0.29, 0.717) is 17.0 Å². The van der Waals surface area contributed by atoms with Crippen LogP contribution in [-0.4, -0.2) is 16.9 Å². The first-order valence-corrected chi connectivity index (χ1v) is 7.66. The number of carbonyl (C=O) groups is 2. The van der Waals surface area contributed by atoms with Crippen molar-refractivity contribution >= 4 is 11.9 Å². The second kappa shape index (κ2) is 10.8. The normalized spacial score (nSPS) is 9.55. The molecule has 5 heteroatoms. The molecule has 0 N–H and O–H groups in total. The molecule has 1 heterocycles. The molecule has 0 radical (unpaired) electrons. The van der Waals surface area contributed by atoms with Gasteiger partial charge in [0, 0.05) is 25.6 Å². The molecule has 0 fully saturated rings. The number of ether oxygens (including phenoxy) is 2. The third-order valence-electron chi connectivity index (χ3n) is 2.95. The van der Waals surface area contributed by atoms with Crippen molar-refractivity contribution < 1.29 is 19.1 Å². The number of pyridine rings is 1. The summed E-state index contributed by atoms with van der Waals surface area (Å²) in [4.78, 5) is 26.2. The molecule has 0 aliphatic carbocycles. The summed E-state index contributed by atoms with van der Waals surface area (Å²) in [6.45, 7) is 10.8. The Kier molecular flexibility index (Phi) is 9.83. The molecule has 1 aromatic heterocycles. The smallest absolute Gasteiger partial charge is 0.308 e. The molecule has 22 heavy (non-hydrogen) atoms. The fraction of sp³-hybridized carbons (Fsp3) is 0.588. The lowest BCUT2D eigenvalue weighted by molar-refractivity contribution is -0.142. The van der Waals surface area contributed by atoms with E-state index in [0.717, 1.165) is 12.0 Å². The van der Waals surface area contributed by atoms with Crippen molar-refractivity contribution in [2.45, 2.75) is 67.4 Å². The number of rotatable bonds is 5. The molecule has 124 valence electrons. The van der Waals surface area contributed by atoms with Crippen molar-refractivity contribution in [3.8, 4) is 5.75 Å². The van der Waals surface area contributed by atoms with Gasteiger partial charge in [-0.25, -0.2) is 0 Å². The van der Waals surface area contributed by atoms with E-state index in [4.69, 9.17) is 9.47 Å². The SMILES string of the molecule is CCCC.CCc1cnc(C)c(OC(C)=O)c1COC(C)=O. The van der Waals surface area contributed by atoms with E-state index in [1.807, 2.05) is 6.92 Å². The van der Waals surface area contributed by atoms with Crippen molar-refractivity contribution in [3.63, 3.8) is 0 Å². The summed E-state index contributed by atoms with van der Waals surface area (Å²) >= 11 is 0. The molecule has 0 amide bonds. The summed E-state index contributed by atoms with van der Waals surface area (Å²) in [5.74, 6) is -0.402. The van der Waals surface area contributed by atoms with Gasteiger partial charge >= 0.3 is 11.9 Å². The highest BCUT2D eigenvalue weighted by Crippen LogP contribution is 2.26. The number of hydrogen-bond donors (Lipinski definition) is 0. The topological polar surface area (TPSA) is 65.5 Å². The van der Waals surface area contributed by atoms with Gasteiger partial charge in [-0.15, -0.1) is 0 Å². The van der Waals surface area contributed by atoms with Crippen LogP contribution in [0.3, 0.4) is 0 Å². The molecule has 5 nitrogen and oxygen atoms in total. The third kappa shape index (κ3) is 7.20. The zero-order chi connectivity index (χ0) is 17.1. The summed E-state index contributed by atoms with van der Waals surface area (Å²) in [6, 6.07) is 0. The Hall–Kier alpha value is -1.91. The Labute approximate surface area is 133 Å². The molecule has 0 saturated heterocycles. The van der Waals surface area contributed by atoms with Crippen LogP contribution in [0, 0.1) is 6.92 Å². The number of esters is 2. The van der Waals surface area contributed by atoms with Crippen LogP contribution >= 0.6 is 0 Å². The van der Waals surface area contributed by atoms with Gasteiger partial charge in [-0.1, -0.05) is 33.6 Å². The van der Waals surface area contributed by atoms with Crippen LogP contribution < -0.4 is 4.74 Å². The van der Waals surface area contributed by atoms with Crippen molar-refractivity contribution in [1.82, 2.24) is 4.98 Å². The average molecular weight is 309 g/mol. The molecular weight excluding hydrogens is 282 g/mol. The largest absolute Gasteiger partial charge is 0.461 e. The van der Waals surface area contributed by atoms with E-state index in [2.05, 4.69) is 18.8 Å². The molecule has 0 aromatic carbocycles. The molecular formula is C17H27NO4. The quantitative estimate of drug-likeness (QED) is 0.775. The van der Waals surface area contributed by atoms with Crippen LogP contribution in [0.1, 0.15) is 64.3 Å². The highest BCUT2D eigenvalue weighted by molar-refractivity contribution is 5.70. The maximum absolute atomic E-state index is 11.1. The lowest BCUT2D eigenvalue weighted by Crippen LogP contribution is -2.11. The molecule has 1 rings (SSSR count). The maximum Gasteiger partial charge on any atom is 0.308 e. The van der Waals surface area contributed by atoms with Gasteiger partial charge in [-0.05, 0) is 18.9 Å². The second-order valence-electron chi connectivity index (χ2n) is 4.90. The predicted octanol–water partition coefficient (Wildman–Crippen LogP) is 3.75. The van der Waals surface area contributed by atoms with E-state index >= 15 is 0 Å². The van der Waals surface area contributed by atoms with Gasteiger partial charge < -0.3 is 9.47 Å². The molecule has 0 unspecified atom stereocenters. The molecule has 0 spiro atoms. The van der Waals surface area contributed by atoms with Crippen LogP contribution in [0.5, 0.6) is 5.75 Å². The van der Waals surface area contributed by atoms with E-state index in [1.54, 1.807) is 13.1 Å². The summed E-state index contributed by atoms with van der Waals surface area (Å²) in [5.41, 5.74) is 2.21. The number of carbonyl (C=O) groups excluding carboxylic acids is 2. The van der Waals surface area contributed by atoms with Crippen LogP contribution in [0.2, 0.25) is 0 Å². The standard InChI is InChI=1S/C13H17NO4.C4H10/c1-5-11-6-14-8(2)13(18-10(4)16)12(11)7-17-9(3)15;1-3-4-2/h6H,5,7H2,1-4H3;3-4H2,1-2H3. The lowest BCUT2D eigenvalue weighted by Gasteiger charge is -2.14. The first kappa shape index (κ1) is 20.1. The van der Waals surface area contributed by atoms with E-state index < -0.39 is 5.97 Å². The number of nitrogens with zero attached hydrogens (tertiary/aromatic N) is 1. The number of aromatic nitrogens is 1. The minimum atomic E-state index is -0.419. The summed E-state index contributed by atoms with van der Waals surface area (Å²) in [5, 5.41) is 0. The van der Waals surface area contributed by atoms with Gasteiger partial charge in [0.15, 0.2) is 5.75 Å². The third-order valence-corrected chi connectivity index (χ3v) is 2.95. The summed E-state index contributed by atoms with van der Waals surface area (Å²) in [7, 11) is 0. The van der Waals surface area contributed by atoms with Gasteiger partial charge in [-0.3, -0.25) is 14.6 Å². The minimum absolute atomic E-state index is 0.0878. The molecule has 0 aliphatic rings. The van der Waals surface area contributed by atoms with Gasteiger partial charge in [-0.2, -0.15) is 0 Å². The predicted molar refractivity (Wildman–Crippen MR) is 85.7 cm³/mol. The van der Waals surface area contributed by atoms with Crippen molar-refractivity contribution in [1.29, 1.82) is 0 Å². The second-order valence-corrected chi connectivity index (χ2v) is 4.90. The van der Waals surface area contributed by atoms with Crippen molar-refractivity contribution in [3.05, 3.63) is 23.0 Å². The molecule has 1 aromatic rings. The number of unbranched alkanes of at least 4 members (excludes halogenated alkanes) is 1. The van der Waals surface area contributed by atoms with Gasteiger partial charge in [0.05, 0.1) is 5.69 Å². The summed E-state index contributed by atoms with van der Waals surface area (Å²) in [6.07, 6.45) is 5.07. The van der Waals surface area contributed by atoms with Crippen LogP contribution in [-0.2, 0) is 27.4 Å². The number of aryl methyl sites for hydroxylation is 2.